The van der Waals surface area contributed by atoms with E-state index in [0.29, 0.717) is 18.4 Å². The summed E-state index contributed by atoms with van der Waals surface area (Å²) in [6.07, 6.45) is 1.73. The third-order valence-electron chi connectivity index (χ3n) is 5.47. The monoisotopic (exact) mass is 490 g/mol. The van der Waals surface area contributed by atoms with Crippen LogP contribution in [0.15, 0.2) is 48.5 Å². The largest absolute Gasteiger partial charge is 0.357 e. The lowest BCUT2D eigenvalue weighted by Crippen LogP contribution is -2.52. The Kier molecular flexibility index (Phi) is 9.13. The van der Waals surface area contributed by atoms with Crippen molar-refractivity contribution >= 4 is 33.2 Å². The van der Waals surface area contributed by atoms with E-state index in [-0.39, 0.29) is 23.8 Å². The second-order valence-corrected chi connectivity index (χ2v) is 9.77. The number of hydrogen-bond acceptors (Lipinski definition) is 6. The van der Waals surface area contributed by atoms with E-state index in [1.165, 1.54) is 24.1 Å². The number of nitro benzene ring substituents is 1. The van der Waals surface area contributed by atoms with Crippen molar-refractivity contribution in [3.8, 4) is 0 Å². The van der Waals surface area contributed by atoms with E-state index in [1.54, 1.807) is 13.8 Å². The molecule has 0 aromatic heterocycles. The Morgan fingerprint density at radius 2 is 1.79 bits per heavy atom. The number of carbonyl (C=O) groups excluding carboxylic acids is 2. The van der Waals surface area contributed by atoms with Crippen LogP contribution in [-0.2, 0) is 26.0 Å². The van der Waals surface area contributed by atoms with Crippen molar-refractivity contribution in [1.29, 1.82) is 0 Å². The fourth-order valence-electron chi connectivity index (χ4n) is 3.64. The molecule has 0 fully saturated rings. The molecule has 2 rings (SSSR count). The van der Waals surface area contributed by atoms with Gasteiger partial charge in [0.1, 0.15) is 12.6 Å². The van der Waals surface area contributed by atoms with Crippen molar-refractivity contribution in [3.05, 3.63) is 69.8 Å². The minimum Gasteiger partial charge on any atom is -0.357 e. The van der Waals surface area contributed by atoms with E-state index in [0.717, 1.165) is 22.2 Å². The van der Waals surface area contributed by atoms with E-state index >= 15 is 0 Å². The molecule has 11 heteroatoms. The first-order valence-electron chi connectivity index (χ1n) is 10.8. The molecule has 0 unspecified atom stereocenters. The van der Waals surface area contributed by atoms with Crippen molar-refractivity contribution in [2.24, 2.45) is 0 Å². The zero-order valence-electron chi connectivity index (χ0n) is 19.7. The Morgan fingerprint density at radius 1 is 1.15 bits per heavy atom. The molecule has 0 spiro atoms. The van der Waals surface area contributed by atoms with Crippen molar-refractivity contribution in [3.63, 3.8) is 0 Å². The van der Waals surface area contributed by atoms with E-state index in [4.69, 9.17) is 0 Å². The number of nitrogens with one attached hydrogen (secondary N) is 1. The number of rotatable bonds is 11. The molecule has 0 aliphatic carbocycles. The number of aryl methyl sites for hydroxylation is 1. The van der Waals surface area contributed by atoms with Crippen LogP contribution in [0.1, 0.15) is 24.5 Å². The number of non-ortho nitro benzene ring substituents is 1. The predicted molar refractivity (Wildman–Crippen MR) is 130 cm³/mol. The molecular formula is C23H30N4O6S. The SMILES string of the molecule is CC[C@H](C(=O)NC)N(CCc1ccccc1)C(=O)CN(c1cc([N+](=O)[O-])ccc1C)S(C)(=O)=O. The highest BCUT2D eigenvalue weighted by molar-refractivity contribution is 7.92. The number of likely N-dealkylation sites (N-methyl/N-ethyl adjacent to an activating group) is 1. The average Bonchev–Trinajstić information content (AvgIpc) is 2.79. The summed E-state index contributed by atoms with van der Waals surface area (Å²) in [5.41, 5.74) is 1.17. The maximum atomic E-state index is 13.5. The van der Waals surface area contributed by atoms with Crippen molar-refractivity contribution in [1.82, 2.24) is 10.2 Å². The maximum Gasteiger partial charge on any atom is 0.271 e. The van der Waals surface area contributed by atoms with Gasteiger partial charge in [0.2, 0.25) is 21.8 Å². The summed E-state index contributed by atoms with van der Waals surface area (Å²) in [6.45, 7) is 2.97. The Morgan fingerprint density at radius 3 is 2.32 bits per heavy atom. The van der Waals surface area contributed by atoms with Crippen LogP contribution in [0, 0.1) is 17.0 Å². The first-order valence-corrected chi connectivity index (χ1v) is 12.6. The number of anilines is 1. The van der Waals surface area contributed by atoms with Crippen molar-refractivity contribution in [2.75, 3.05) is 30.7 Å². The van der Waals surface area contributed by atoms with Gasteiger partial charge < -0.3 is 10.2 Å². The van der Waals surface area contributed by atoms with E-state index < -0.39 is 33.4 Å². The van der Waals surface area contributed by atoms with Gasteiger partial charge in [0.25, 0.3) is 5.69 Å². The Balaban J connectivity index is 2.43. The fourth-order valence-corrected chi connectivity index (χ4v) is 4.54. The molecule has 1 atom stereocenters. The number of sulfonamides is 1. The second-order valence-electron chi connectivity index (χ2n) is 7.86. The highest BCUT2D eigenvalue weighted by atomic mass is 32.2. The van der Waals surface area contributed by atoms with Gasteiger partial charge in [-0.25, -0.2) is 8.42 Å². The molecule has 10 nitrogen and oxygen atoms in total. The van der Waals surface area contributed by atoms with Crippen LogP contribution in [0.5, 0.6) is 0 Å². The van der Waals surface area contributed by atoms with E-state index in [1.807, 2.05) is 30.3 Å². The van der Waals surface area contributed by atoms with Gasteiger partial charge in [-0.3, -0.25) is 24.0 Å². The van der Waals surface area contributed by atoms with E-state index in [2.05, 4.69) is 5.32 Å². The molecule has 0 heterocycles. The summed E-state index contributed by atoms with van der Waals surface area (Å²) in [4.78, 5) is 38.0. The third kappa shape index (κ3) is 6.77. The molecule has 0 aliphatic rings. The Labute approximate surface area is 199 Å². The lowest BCUT2D eigenvalue weighted by atomic mass is 10.1. The van der Waals surface area contributed by atoms with Crippen LogP contribution in [0.2, 0.25) is 0 Å². The molecule has 184 valence electrons. The van der Waals surface area contributed by atoms with Crippen LogP contribution in [0.25, 0.3) is 0 Å². The van der Waals surface area contributed by atoms with Gasteiger partial charge in [-0.05, 0) is 30.9 Å². The lowest BCUT2D eigenvalue weighted by molar-refractivity contribution is -0.384. The van der Waals surface area contributed by atoms with Crippen LogP contribution in [-0.4, -0.2) is 62.5 Å². The van der Waals surface area contributed by atoms with Gasteiger partial charge in [0, 0.05) is 25.7 Å². The number of amides is 2. The molecule has 1 N–H and O–H groups in total. The summed E-state index contributed by atoms with van der Waals surface area (Å²) >= 11 is 0. The Bertz CT molecular complexity index is 1140. The van der Waals surface area contributed by atoms with Gasteiger partial charge >= 0.3 is 0 Å². The highest BCUT2D eigenvalue weighted by Gasteiger charge is 2.31. The van der Waals surface area contributed by atoms with Crippen LogP contribution < -0.4 is 9.62 Å². The summed E-state index contributed by atoms with van der Waals surface area (Å²) in [5, 5.41) is 13.8. The molecule has 0 saturated carbocycles. The molecular weight excluding hydrogens is 460 g/mol. The third-order valence-corrected chi connectivity index (χ3v) is 6.59. The molecule has 34 heavy (non-hydrogen) atoms. The summed E-state index contributed by atoms with van der Waals surface area (Å²) in [7, 11) is -2.50. The Hall–Kier alpha value is -3.47. The predicted octanol–water partition coefficient (Wildman–Crippen LogP) is 2.27. The van der Waals surface area contributed by atoms with Gasteiger partial charge in [-0.2, -0.15) is 0 Å². The summed E-state index contributed by atoms with van der Waals surface area (Å²) in [5.74, 6) is -0.941. The zero-order chi connectivity index (χ0) is 25.5. The highest BCUT2D eigenvalue weighted by Crippen LogP contribution is 2.27. The molecule has 0 aliphatic heterocycles. The quantitative estimate of drug-likeness (QED) is 0.380. The molecule has 0 radical (unpaired) electrons. The smallest absolute Gasteiger partial charge is 0.271 e. The molecule has 0 bridgehead atoms. The molecule has 2 amide bonds. The standard InChI is InChI=1S/C23H30N4O6S/c1-5-20(23(29)24-3)25(14-13-18-9-7-6-8-10-18)22(28)16-26(34(4,32)33)21-15-19(27(30)31)12-11-17(21)2/h6-12,15,20H,5,13-14,16H2,1-4H3,(H,24,29)/t20-/m1/s1. The van der Waals surface area contributed by atoms with Crippen LogP contribution >= 0.6 is 0 Å². The maximum absolute atomic E-state index is 13.5. The minimum absolute atomic E-state index is 0.0426. The number of nitro groups is 1. The zero-order valence-corrected chi connectivity index (χ0v) is 20.5. The van der Waals surface area contributed by atoms with Crippen LogP contribution in [0.4, 0.5) is 11.4 Å². The number of hydrogen-bond donors (Lipinski definition) is 1. The summed E-state index contributed by atoms with van der Waals surface area (Å²) in [6, 6.07) is 12.5. The van der Waals surface area contributed by atoms with Crippen LogP contribution in [0.3, 0.4) is 0 Å². The normalized spacial score (nSPS) is 12.0. The first kappa shape index (κ1) is 26.8. The second kappa shape index (κ2) is 11.6. The number of carbonyl (C=O) groups is 2. The first-order chi connectivity index (χ1) is 16.0. The van der Waals surface area contributed by atoms with Gasteiger partial charge in [0.05, 0.1) is 16.9 Å². The molecule has 2 aromatic rings. The molecule has 2 aromatic carbocycles. The number of benzene rings is 2. The van der Waals surface area contributed by atoms with Crippen molar-refractivity contribution < 1.29 is 22.9 Å². The molecule has 0 saturated heterocycles. The van der Waals surface area contributed by atoms with Gasteiger partial charge in [0.15, 0.2) is 0 Å². The summed E-state index contributed by atoms with van der Waals surface area (Å²) < 4.78 is 26.1. The van der Waals surface area contributed by atoms with E-state index in [9.17, 15) is 28.1 Å². The lowest BCUT2D eigenvalue weighted by Gasteiger charge is -2.32. The number of nitrogens with zero attached hydrogens (tertiary/aromatic N) is 3. The van der Waals surface area contributed by atoms with Crippen molar-refractivity contribution in [2.45, 2.75) is 32.7 Å². The van der Waals surface area contributed by atoms with Gasteiger partial charge in [-0.15, -0.1) is 0 Å². The average molecular weight is 491 g/mol. The topological polar surface area (TPSA) is 130 Å². The van der Waals surface area contributed by atoms with Gasteiger partial charge in [-0.1, -0.05) is 43.3 Å². The fraction of sp³-hybridized carbons (Fsp3) is 0.391. The minimum atomic E-state index is -3.97.